The van der Waals surface area contributed by atoms with Gasteiger partial charge < -0.3 is 10.6 Å². The number of carbonyl (C=O) groups excluding carboxylic acids is 2. The van der Waals surface area contributed by atoms with E-state index in [9.17, 15) is 9.59 Å². The summed E-state index contributed by atoms with van der Waals surface area (Å²) in [6.45, 7) is 1.86. The third kappa shape index (κ3) is 4.23. The van der Waals surface area contributed by atoms with Crippen molar-refractivity contribution in [2.75, 3.05) is 5.32 Å². The summed E-state index contributed by atoms with van der Waals surface area (Å²) in [6, 6.07) is 5.47. The Bertz CT molecular complexity index is 511. The first kappa shape index (κ1) is 14.9. The fraction of sp³-hybridized carbons (Fsp3) is 0.467. The first-order valence-corrected chi connectivity index (χ1v) is 7.28. The van der Waals surface area contributed by atoms with Crippen LogP contribution < -0.4 is 10.6 Å². The van der Waals surface area contributed by atoms with Gasteiger partial charge in [-0.1, -0.05) is 24.4 Å². The SMILES string of the molecule is Cc1cc(Cl)ccc1NC(=O)CC(=O)NC1CCCC1. The minimum atomic E-state index is -0.300. The Kier molecular flexibility index (Phi) is 5.01. The molecule has 1 saturated carbocycles. The molecule has 108 valence electrons. The minimum Gasteiger partial charge on any atom is -0.353 e. The first-order chi connectivity index (χ1) is 9.54. The second-order valence-corrected chi connectivity index (χ2v) is 5.67. The number of nitrogens with one attached hydrogen (secondary N) is 2. The molecule has 0 saturated heterocycles. The van der Waals surface area contributed by atoms with Crippen LogP contribution in [0.25, 0.3) is 0 Å². The summed E-state index contributed by atoms with van der Waals surface area (Å²) in [6.07, 6.45) is 4.20. The quantitative estimate of drug-likeness (QED) is 0.839. The van der Waals surface area contributed by atoms with E-state index in [0.717, 1.165) is 31.2 Å². The smallest absolute Gasteiger partial charge is 0.233 e. The number of amides is 2. The Morgan fingerprint density at radius 3 is 2.60 bits per heavy atom. The summed E-state index contributed by atoms with van der Waals surface area (Å²) in [7, 11) is 0. The maximum atomic E-state index is 11.8. The number of hydrogen-bond donors (Lipinski definition) is 2. The van der Waals surface area contributed by atoms with Crippen molar-refractivity contribution in [2.45, 2.75) is 45.1 Å². The molecule has 4 nitrogen and oxygen atoms in total. The molecule has 0 aromatic heterocycles. The maximum absolute atomic E-state index is 11.8. The zero-order valence-corrected chi connectivity index (χ0v) is 12.3. The normalized spacial score (nSPS) is 15.1. The van der Waals surface area contributed by atoms with Crippen LogP contribution in [0.15, 0.2) is 18.2 Å². The van der Waals surface area contributed by atoms with Crippen molar-refractivity contribution in [1.29, 1.82) is 0 Å². The lowest BCUT2D eigenvalue weighted by molar-refractivity contribution is -0.127. The lowest BCUT2D eigenvalue weighted by Gasteiger charge is -2.12. The van der Waals surface area contributed by atoms with Gasteiger partial charge in [0, 0.05) is 16.8 Å². The van der Waals surface area contributed by atoms with Crippen LogP contribution in [0.1, 0.15) is 37.7 Å². The van der Waals surface area contributed by atoms with Gasteiger partial charge in [-0.15, -0.1) is 0 Å². The Morgan fingerprint density at radius 2 is 1.95 bits per heavy atom. The average Bonchev–Trinajstić information content (AvgIpc) is 2.85. The van der Waals surface area contributed by atoms with Gasteiger partial charge in [0.15, 0.2) is 0 Å². The molecule has 2 amide bonds. The monoisotopic (exact) mass is 294 g/mol. The molecule has 20 heavy (non-hydrogen) atoms. The second-order valence-electron chi connectivity index (χ2n) is 5.23. The van der Waals surface area contributed by atoms with E-state index in [2.05, 4.69) is 10.6 Å². The molecule has 0 heterocycles. The zero-order valence-electron chi connectivity index (χ0n) is 11.5. The fourth-order valence-electron chi connectivity index (χ4n) is 2.46. The predicted octanol–water partition coefficient (Wildman–Crippen LogP) is 3.04. The molecule has 0 atom stereocenters. The van der Waals surface area contributed by atoms with E-state index in [4.69, 9.17) is 11.6 Å². The van der Waals surface area contributed by atoms with Gasteiger partial charge in [0.25, 0.3) is 0 Å². The highest BCUT2D eigenvalue weighted by Crippen LogP contribution is 2.20. The van der Waals surface area contributed by atoms with E-state index in [1.165, 1.54) is 0 Å². The largest absolute Gasteiger partial charge is 0.353 e. The Morgan fingerprint density at radius 1 is 1.25 bits per heavy atom. The van der Waals surface area contributed by atoms with Gasteiger partial charge in [-0.25, -0.2) is 0 Å². The molecule has 1 aromatic carbocycles. The van der Waals surface area contributed by atoms with Gasteiger partial charge in [-0.2, -0.15) is 0 Å². The van der Waals surface area contributed by atoms with E-state index >= 15 is 0 Å². The fourth-order valence-corrected chi connectivity index (χ4v) is 2.68. The van der Waals surface area contributed by atoms with E-state index in [-0.39, 0.29) is 24.3 Å². The highest BCUT2D eigenvalue weighted by atomic mass is 35.5. The molecule has 1 fully saturated rings. The number of hydrogen-bond acceptors (Lipinski definition) is 2. The van der Waals surface area contributed by atoms with Gasteiger partial charge in [0.05, 0.1) is 0 Å². The lowest BCUT2D eigenvalue weighted by atomic mass is 10.2. The molecule has 0 spiro atoms. The summed E-state index contributed by atoms with van der Waals surface area (Å²) in [5, 5.41) is 6.26. The summed E-state index contributed by atoms with van der Waals surface area (Å²) >= 11 is 5.86. The molecule has 0 radical (unpaired) electrons. The molecule has 0 unspecified atom stereocenters. The van der Waals surface area contributed by atoms with Gasteiger partial charge in [0.1, 0.15) is 6.42 Å². The molecular weight excluding hydrogens is 276 g/mol. The van der Waals surface area contributed by atoms with Gasteiger partial charge >= 0.3 is 0 Å². The standard InChI is InChI=1S/C15H19ClN2O2/c1-10-8-11(16)6-7-13(10)18-15(20)9-14(19)17-12-4-2-3-5-12/h6-8,12H,2-5,9H2,1H3,(H,17,19)(H,18,20). The summed E-state index contributed by atoms with van der Waals surface area (Å²) in [5.41, 5.74) is 1.56. The number of rotatable bonds is 4. The second kappa shape index (κ2) is 6.75. The Balaban J connectivity index is 1.83. The van der Waals surface area contributed by atoms with Crippen molar-refractivity contribution >= 4 is 29.1 Å². The Labute approximate surface area is 123 Å². The molecule has 0 bridgehead atoms. The molecular formula is C15H19ClN2O2. The average molecular weight is 295 g/mol. The summed E-state index contributed by atoms with van der Waals surface area (Å²) < 4.78 is 0. The number of benzene rings is 1. The molecule has 1 aliphatic carbocycles. The number of halogens is 1. The zero-order chi connectivity index (χ0) is 14.5. The molecule has 0 aliphatic heterocycles. The lowest BCUT2D eigenvalue weighted by Crippen LogP contribution is -2.35. The highest BCUT2D eigenvalue weighted by Gasteiger charge is 2.18. The van der Waals surface area contributed by atoms with Crippen molar-refractivity contribution in [3.8, 4) is 0 Å². The van der Waals surface area contributed by atoms with Crippen LogP contribution in [0.5, 0.6) is 0 Å². The van der Waals surface area contributed by atoms with Crippen LogP contribution in [-0.4, -0.2) is 17.9 Å². The van der Waals surface area contributed by atoms with Crippen molar-refractivity contribution in [2.24, 2.45) is 0 Å². The van der Waals surface area contributed by atoms with Crippen molar-refractivity contribution in [3.63, 3.8) is 0 Å². The summed E-state index contributed by atoms with van der Waals surface area (Å²) in [5.74, 6) is -0.507. The van der Waals surface area contributed by atoms with Gasteiger partial charge in [0.2, 0.25) is 11.8 Å². The molecule has 2 rings (SSSR count). The maximum Gasteiger partial charge on any atom is 0.233 e. The molecule has 2 N–H and O–H groups in total. The van der Waals surface area contributed by atoms with Crippen LogP contribution in [0.3, 0.4) is 0 Å². The van der Waals surface area contributed by atoms with E-state index in [0.29, 0.717) is 10.7 Å². The van der Waals surface area contributed by atoms with Crippen LogP contribution in [0.4, 0.5) is 5.69 Å². The van der Waals surface area contributed by atoms with Gasteiger partial charge in [-0.3, -0.25) is 9.59 Å². The topological polar surface area (TPSA) is 58.2 Å². The van der Waals surface area contributed by atoms with Crippen LogP contribution in [0, 0.1) is 6.92 Å². The van der Waals surface area contributed by atoms with E-state index < -0.39 is 0 Å². The van der Waals surface area contributed by atoms with Crippen LogP contribution in [0.2, 0.25) is 5.02 Å². The third-order valence-electron chi connectivity index (χ3n) is 3.50. The molecule has 1 aliphatic rings. The van der Waals surface area contributed by atoms with Gasteiger partial charge in [-0.05, 0) is 43.5 Å². The number of aryl methyl sites for hydroxylation is 1. The molecule has 5 heteroatoms. The van der Waals surface area contributed by atoms with E-state index in [1.807, 2.05) is 6.92 Å². The van der Waals surface area contributed by atoms with Crippen molar-refractivity contribution in [1.82, 2.24) is 5.32 Å². The highest BCUT2D eigenvalue weighted by molar-refractivity contribution is 6.30. The predicted molar refractivity (Wildman–Crippen MR) is 79.8 cm³/mol. The van der Waals surface area contributed by atoms with Crippen molar-refractivity contribution in [3.05, 3.63) is 28.8 Å². The van der Waals surface area contributed by atoms with Crippen LogP contribution >= 0.6 is 11.6 Å². The number of anilines is 1. The van der Waals surface area contributed by atoms with Crippen LogP contribution in [-0.2, 0) is 9.59 Å². The number of carbonyl (C=O) groups is 2. The third-order valence-corrected chi connectivity index (χ3v) is 3.74. The van der Waals surface area contributed by atoms with Crippen molar-refractivity contribution < 1.29 is 9.59 Å². The molecule has 1 aromatic rings. The van der Waals surface area contributed by atoms with E-state index in [1.54, 1.807) is 18.2 Å². The summed E-state index contributed by atoms with van der Waals surface area (Å²) in [4.78, 5) is 23.6. The Hall–Kier alpha value is -1.55. The minimum absolute atomic E-state index is 0.140. The first-order valence-electron chi connectivity index (χ1n) is 6.90.